The number of carbonyl (C=O) groups is 1. The van der Waals surface area contributed by atoms with Crippen LogP contribution in [0.15, 0.2) is 0 Å². The number of carbonyl (C=O) groups excluding carboxylic acids is 1. The normalized spacial score (nSPS) is 12.5. The van der Waals surface area contributed by atoms with E-state index >= 15 is 0 Å². The van der Waals surface area contributed by atoms with Gasteiger partial charge in [-0.05, 0) is 6.42 Å². The first-order valence-electron chi connectivity index (χ1n) is 5.98. The number of ether oxygens (including phenoxy) is 1. The van der Waals surface area contributed by atoms with Gasteiger partial charge in [-0.15, -0.1) is 11.6 Å². The monoisotopic (exact) mass is 249 g/mol. The molecule has 1 amide bonds. The molecule has 0 radical (unpaired) electrons. The van der Waals surface area contributed by atoms with Crippen molar-refractivity contribution >= 4 is 17.5 Å². The SMILES string of the molecule is CCCCCCC(=O)N(C)CC(Cl)COC. The Balaban J connectivity index is 3.64. The molecule has 0 aliphatic rings. The van der Waals surface area contributed by atoms with Crippen molar-refractivity contribution in [3.8, 4) is 0 Å². The molecule has 3 nitrogen and oxygen atoms in total. The molecule has 0 aliphatic carbocycles. The van der Waals surface area contributed by atoms with E-state index in [4.69, 9.17) is 16.3 Å². The van der Waals surface area contributed by atoms with Gasteiger partial charge in [-0.3, -0.25) is 4.79 Å². The maximum Gasteiger partial charge on any atom is 0.222 e. The summed E-state index contributed by atoms with van der Waals surface area (Å²) in [5, 5.41) is -0.116. The first-order valence-corrected chi connectivity index (χ1v) is 6.42. The van der Waals surface area contributed by atoms with E-state index in [2.05, 4.69) is 6.92 Å². The Morgan fingerprint density at radius 3 is 2.62 bits per heavy atom. The lowest BCUT2D eigenvalue weighted by atomic mass is 10.1. The molecule has 0 saturated heterocycles. The highest BCUT2D eigenvalue weighted by Gasteiger charge is 2.13. The summed E-state index contributed by atoms with van der Waals surface area (Å²) in [5.74, 6) is 0.179. The van der Waals surface area contributed by atoms with Gasteiger partial charge in [0, 0.05) is 27.1 Å². The fourth-order valence-electron chi connectivity index (χ4n) is 1.53. The Morgan fingerprint density at radius 2 is 2.06 bits per heavy atom. The number of hydrogen-bond acceptors (Lipinski definition) is 2. The minimum atomic E-state index is -0.116. The van der Waals surface area contributed by atoms with Gasteiger partial charge in [-0.1, -0.05) is 26.2 Å². The smallest absolute Gasteiger partial charge is 0.222 e. The van der Waals surface area contributed by atoms with E-state index < -0.39 is 0 Å². The van der Waals surface area contributed by atoms with Crippen LogP contribution in [0.1, 0.15) is 39.0 Å². The molecule has 0 aromatic rings. The third-order valence-electron chi connectivity index (χ3n) is 2.49. The zero-order valence-electron chi connectivity index (χ0n) is 10.7. The molecule has 1 atom stereocenters. The van der Waals surface area contributed by atoms with Crippen molar-refractivity contribution in [1.29, 1.82) is 0 Å². The molecule has 0 rings (SSSR count). The van der Waals surface area contributed by atoms with Crippen LogP contribution in [0, 0.1) is 0 Å². The van der Waals surface area contributed by atoms with Crippen molar-refractivity contribution in [3.05, 3.63) is 0 Å². The fraction of sp³-hybridized carbons (Fsp3) is 0.917. The van der Waals surface area contributed by atoms with Crippen molar-refractivity contribution in [2.75, 3.05) is 27.3 Å². The van der Waals surface area contributed by atoms with Crippen LogP contribution >= 0.6 is 11.6 Å². The Bertz CT molecular complexity index is 188. The summed E-state index contributed by atoms with van der Waals surface area (Å²) >= 11 is 5.98. The van der Waals surface area contributed by atoms with Crippen LogP contribution in [-0.2, 0) is 9.53 Å². The number of hydrogen-bond donors (Lipinski definition) is 0. The van der Waals surface area contributed by atoms with E-state index in [1.807, 2.05) is 0 Å². The van der Waals surface area contributed by atoms with E-state index in [0.29, 0.717) is 19.6 Å². The van der Waals surface area contributed by atoms with E-state index in [-0.39, 0.29) is 11.3 Å². The number of unbranched alkanes of at least 4 members (excludes halogenated alkanes) is 3. The number of methoxy groups -OCH3 is 1. The summed E-state index contributed by atoms with van der Waals surface area (Å²) in [7, 11) is 3.41. The van der Waals surface area contributed by atoms with Crippen LogP contribution in [0.2, 0.25) is 0 Å². The molecule has 0 N–H and O–H groups in total. The Labute approximate surface area is 104 Å². The number of rotatable bonds is 9. The summed E-state index contributed by atoms with van der Waals surface area (Å²) < 4.78 is 4.93. The lowest BCUT2D eigenvalue weighted by Gasteiger charge is -2.20. The number of nitrogens with zero attached hydrogens (tertiary/aromatic N) is 1. The van der Waals surface area contributed by atoms with Crippen molar-refractivity contribution in [3.63, 3.8) is 0 Å². The van der Waals surface area contributed by atoms with Crippen LogP contribution in [0.25, 0.3) is 0 Å². The van der Waals surface area contributed by atoms with Crippen LogP contribution in [0.3, 0.4) is 0 Å². The van der Waals surface area contributed by atoms with Crippen molar-refractivity contribution in [2.45, 2.75) is 44.4 Å². The quantitative estimate of drug-likeness (QED) is 0.465. The van der Waals surface area contributed by atoms with Crippen molar-refractivity contribution in [2.24, 2.45) is 0 Å². The molecule has 0 heterocycles. The van der Waals surface area contributed by atoms with Gasteiger partial charge >= 0.3 is 0 Å². The minimum absolute atomic E-state index is 0.116. The van der Waals surface area contributed by atoms with Gasteiger partial charge in [0.15, 0.2) is 0 Å². The van der Waals surface area contributed by atoms with Crippen molar-refractivity contribution in [1.82, 2.24) is 4.90 Å². The van der Waals surface area contributed by atoms with Crippen LogP contribution < -0.4 is 0 Å². The number of alkyl halides is 1. The lowest BCUT2D eigenvalue weighted by molar-refractivity contribution is -0.130. The molecule has 0 aromatic heterocycles. The summed E-state index contributed by atoms with van der Waals surface area (Å²) in [6.45, 7) is 3.20. The van der Waals surface area contributed by atoms with Gasteiger partial charge in [-0.2, -0.15) is 0 Å². The van der Waals surface area contributed by atoms with Crippen molar-refractivity contribution < 1.29 is 9.53 Å². The Morgan fingerprint density at radius 1 is 1.38 bits per heavy atom. The molecule has 0 aromatic carbocycles. The van der Waals surface area contributed by atoms with Crippen LogP contribution in [0.4, 0.5) is 0 Å². The number of amides is 1. The second-order valence-electron chi connectivity index (χ2n) is 4.14. The van der Waals surface area contributed by atoms with E-state index in [1.54, 1.807) is 19.1 Å². The molecule has 0 bridgehead atoms. The molecule has 4 heteroatoms. The second-order valence-corrected chi connectivity index (χ2v) is 4.75. The molecule has 0 aliphatic heterocycles. The van der Waals surface area contributed by atoms with Gasteiger partial charge in [0.25, 0.3) is 0 Å². The first-order chi connectivity index (χ1) is 7.61. The van der Waals surface area contributed by atoms with E-state index in [9.17, 15) is 4.79 Å². The maximum atomic E-state index is 11.7. The highest BCUT2D eigenvalue weighted by Crippen LogP contribution is 2.06. The molecule has 0 spiro atoms. The largest absolute Gasteiger partial charge is 0.383 e. The van der Waals surface area contributed by atoms with E-state index in [1.165, 1.54) is 12.8 Å². The highest BCUT2D eigenvalue weighted by atomic mass is 35.5. The zero-order chi connectivity index (χ0) is 12.4. The molecular formula is C12H24ClNO2. The molecule has 0 saturated carbocycles. The van der Waals surface area contributed by atoms with Crippen LogP contribution in [0.5, 0.6) is 0 Å². The Kier molecular flexibility index (Phi) is 9.74. The topological polar surface area (TPSA) is 29.5 Å². The van der Waals surface area contributed by atoms with E-state index in [0.717, 1.165) is 12.8 Å². The highest BCUT2D eigenvalue weighted by molar-refractivity contribution is 6.21. The predicted octanol–water partition coefficient (Wildman–Crippen LogP) is 2.67. The third-order valence-corrected chi connectivity index (χ3v) is 2.75. The standard InChI is InChI=1S/C12H24ClNO2/c1-4-5-6-7-8-12(15)14(2)9-11(13)10-16-3/h11H,4-10H2,1-3H3. The van der Waals surface area contributed by atoms with Gasteiger partial charge in [0.05, 0.1) is 12.0 Å². The summed E-state index contributed by atoms with van der Waals surface area (Å²) in [6, 6.07) is 0. The van der Waals surface area contributed by atoms with Gasteiger partial charge in [0.2, 0.25) is 5.91 Å². The summed E-state index contributed by atoms with van der Waals surface area (Å²) in [5.41, 5.74) is 0. The molecule has 96 valence electrons. The maximum absolute atomic E-state index is 11.7. The van der Waals surface area contributed by atoms with Gasteiger partial charge in [0.1, 0.15) is 0 Å². The van der Waals surface area contributed by atoms with Gasteiger partial charge in [-0.25, -0.2) is 0 Å². The third kappa shape index (κ3) is 7.94. The minimum Gasteiger partial charge on any atom is -0.383 e. The molecule has 0 fully saturated rings. The second kappa shape index (κ2) is 9.91. The number of halogens is 1. The predicted molar refractivity (Wildman–Crippen MR) is 67.9 cm³/mol. The molecular weight excluding hydrogens is 226 g/mol. The summed E-state index contributed by atoms with van der Waals surface area (Å²) in [6.07, 6.45) is 5.15. The fourth-order valence-corrected chi connectivity index (χ4v) is 1.86. The Hall–Kier alpha value is -0.280. The van der Waals surface area contributed by atoms with Gasteiger partial charge < -0.3 is 9.64 Å². The zero-order valence-corrected chi connectivity index (χ0v) is 11.4. The molecule has 16 heavy (non-hydrogen) atoms. The average Bonchev–Trinajstić information content (AvgIpc) is 2.24. The average molecular weight is 250 g/mol. The summed E-state index contributed by atoms with van der Waals surface area (Å²) in [4.78, 5) is 13.4. The lowest BCUT2D eigenvalue weighted by Crippen LogP contribution is -2.33. The first kappa shape index (κ1) is 15.7. The molecule has 1 unspecified atom stereocenters. The van der Waals surface area contributed by atoms with Crippen LogP contribution in [-0.4, -0.2) is 43.5 Å².